The molecule has 0 aliphatic carbocycles. The van der Waals surface area contributed by atoms with Gasteiger partial charge in [0.15, 0.2) is 0 Å². The Kier molecular flexibility index (Phi) is 3.90. The third-order valence-electron chi connectivity index (χ3n) is 3.07. The molecule has 0 bridgehead atoms. The average molecular weight is 279 g/mol. The van der Waals surface area contributed by atoms with Crippen molar-refractivity contribution in [1.82, 2.24) is 9.78 Å². The second kappa shape index (κ2) is 5.45. The van der Waals surface area contributed by atoms with E-state index in [9.17, 15) is 4.79 Å². The zero-order valence-electron chi connectivity index (χ0n) is 11.1. The quantitative estimate of drug-likeness (QED) is 0.808. The summed E-state index contributed by atoms with van der Waals surface area (Å²) in [6.45, 7) is 4.23. The van der Waals surface area contributed by atoms with E-state index in [0.29, 0.717) is 17.8 Å². The molecular weight excluding hydrogens is 264 g/mol. The maximum Gasteiger partial charge on any atom is 0.256 e. The number of carbonyl (C=O) groups excluding carboxylic acids is 1. The number of aromatic nitrogens is 2. The molecular formula is C14H15ClN2O2. The van der Waals surface area contributed by atoms with Crippen LogP contribution >= 0.6 is 11.6 Å². The van der Waals surface area contributed by atoms with Crippen molar-refractivity contribution in [2.75, 3.05) is 7.11 Å². The molecule has 1 aromatic heterocycles. The van der Waals surface area contributed by atoms with Crippen LogP contribution in [0.4, 0.5) is 0 Å². The van der Waals surface area contributed by atoms with Crippen LogP contribution in [0.15, 0.2) is 24.3 Å². The normalized spacial score (nSPS) is 10.5. The van der Waals surface area contributed by atoms with Crippen LogP contribution in [0.3, 0.4) is 0 Å². The molecule has 0 amide bonds. The van der Waals surface area contributed by atoms with Gasteiger partial charge in [0.2, 0.25) is 0 Å². The lowest BCUT2D eigenvalue weighted by molar-refractivity contribution is 0.108. The van der Waals surface area contributed by atoms with Gasteiger partial charge in [0.05, 0.1) is 24.9 Å². The summed E-state index contributed by atoms with van der Waals surface area (Å²) >= 11 is 5.56. The van der Waals surface area contributed by atoms with Crippen LogP contribution in [0.1, 0.15) is 27.3 Å². The summed E-state index contributed by atoms with van der Waals surface area (Å²) in [5, 5.41) is 3.89. The van der Waals surface area contributed by atoms with Crippen LogP contribution in [-0.2, 0) is 6.54 Å². The predicted molar refractivity (Wildman–Crippen MR) is 74.0 cm³/mol. The Morgan fingerprint density at radius 3 is 2.42 bits per heavy atom. The standard InChI is InChI=1S/C14H15ClN2O2/c1-9-13(14(15)18)10(2)17(16-9)8-11-4-6-12(19-3)7-5-11/h4-7H,8H2,1-3H3. The van der Waals surface area contributed by atoms with E-state index >= 15 is 0 Å². The highest BCUT2D eigenvalue weighted by atomic mass is 35.5. The molecule has 0 saturated carbocycles. The van der Waals surface area contributed by atoms with Gasteiger partial charge in [-0.25, -0.2) is 0 Å². The number of hydrogen-bond acceptors (Lipinski definition) is 3. The van der Waals surface area contributed by atoms with Gasteiger partial charge in [0, 0.05) is 5.69 Å². The molecule has 5 heteroatoms. The van der Waals surface area contributed by atoms with Crippen LogP contribution < -0.4 is 4.74 Å². The van der Waals surface area contributed by atoms with Crippen molar-refractivity contribution in [2.45, 2.75) is 20.4 Å². The minimum absolute atomic E-state index is 0.462. The molecule has 0 N–H and O–H groups in total. The molecule has 4 nitrogen and oxygen atoms in total. The third-order valence-corrected chi connectivity index (χ3v) is 3.26. The Hall–Kier alpha value is -1.81. The number of benzene rings is 1. The topological polar surface area (TPSA) is 44.1 Å². The molecule has 100 valence electrons. The first-order valence-electron chi connectivity index (χ1n) is 5.89. The van der Waals surface area contributed by atoms with Gasteiger partial charge in [-0.3, -0.25) is 9.48 Å². The molecule has 0 saturated heterocycles. The lowest BCUT2D eigenvalue weighted by atomic mass is 10.2. The SMILES string of the molecule is COc1ccc(Cn2nc(C)c(C(=O)Cl)c2C)cc1. The molecule has 0 unspecified atom stereocenters. The molecule has 19 heavy (non-hydrogen) atoms. The van der Waals surface area contributed by atoms with Crippen molar-refractivity contribution in [2.24, 2.45) is 0 Å². The maximum absolute atomic E-state index is 11.3. The zero-order valence-corrected chi connectivity index (χ0v) is 11.9. The fourth-order valence-electron chi connectivity index (χ4n) is 2.04. The van der Waals surface area contributed by atoms with Gasteiger partial charge in [-0.15, -0.1) is 0 Å². The van der Waals surface area contributed by atoms with E-state index in [1.54, 1.807) is 18.7 Å². The first kappa shape index (κ1) is 13.6. The third kappa shape index (κ3) is 2.79. The van der Waals surface area contributed by atoms with Crippen molar-refractivity contribution < 1.29 is 9.53 Å². The zero-order chi connectivity index (χ0) is 14.0. The smallest absolute Gasteiger partial charge is 0.256 e. The second-order valence-electron chi connectivity index (χ2n) is 4.33. The van der Waals surface area contributed by atoms with Gasteiger partial charge in [-0.1, -0.05) is 12.1 Å². The average Bonchev–Trinajstić information content (AvgIpc) is 2.65. The predicted octanol–water partition coefficient (Wildman–Crippen LogP) is 2.94. The molecule has 0 fully saturated rings. The van der Waals surface area contributed by atoms with Crippen LogP contribution in [0.25, 0.3) is 0 Å². The summed E-state index contributed by atoms with van der Waals surface area (Å²) in [6, 6.07) is 7.73. The minimum Gasteiger partial charge on any atom is -0.497 e. The highest BCUT2D eigenvalue weighted by Crippen LogP contribution is 2.18. The molecule has 1 aromatic carbocycles. The van der Waals surface area contributed by atoms with Gasteiger partial charge in [-0.05, 0) is 43.1 Å². The molecule has 2 aromatic rings. The van der Waals surface area contributed by atoms with Crippen molar-refractivity contribution >= 4 is 16.8 Å². The van der Waals surface area contributed by atoms with Gasteiger partial charge in [0.1, 0.15) is 5.75 Å². The summed E-state index contributed by atoms with van der Waals surface area (Å²) in [5.41, 5.74) is 3.02. The van der Waals surface area contributed by atoms with Crippen molar-refractivity contribution in [3.63, 3.8) is 0 Å². The highest BCUT2D eigenvalue weighted by Gasteiger charge is 2.16. The van der Waals surface area contributed by atoms with Crippen LogP contribution in [0, 0.1) is 13.8 Å². The van der Waals surface area contributed by atoms with Gasteiger partial charge in [0.25, 0.3) is 5.24 Å². The van der Waals surface area contributed by atoms with E-state index in [0.717, 1.165) is 17.0 Å². The number of hydrogen-bond donors (Lipinski definition) is 0. The fraction of sp³-hybridized carbons (Fsp3) is 0.286. The lowest BCUT2D eigenvalue weighted by Gasteiger charge is -2.06. The van der Waals surface area contributed by atoms with Gasteiger partial charge >= 0.3 is 0 Å². The summed E-state index contributed by atoms with van der Waals surface area (Å²) in [6.07, 6.45) is 0. The summed E-state index contributed by atoms with van der Waals surface area (Å²) in [5.74, 6) is 0.814. The largest absolute Gasteiger partial charge is 0.497 e. The Morgan fingerprint density at radius 2 is 1.95 bits per heavy atom. The molecule has 0 atom stereocenters. The highest BCUT2D eigenvalue weighted by molar-refractivity contribution is 6.68. The summed E-state index contributed by atoms with van der Waals surface area (Å²) in [7, 11) is 1.63. The number of carbonyl (C=O) groups is 1. The Labute approximate surface area is 116 Å². The first-order chi connectivity index (χ1) is 9.02. The number of aryl methyl sites for hydroxylation is 1. The Bertz CT molecular complexity index is 603. The molecule has 2 rings (SSSR count). The molecule has 0 aliphatic heterocycles. The van der Waals surface area contributed by atoms with E-state index in [1.807, 2.05) is 31.2 Å². The molecule has 0 aliphatic rings. The van der Waals surface area contributed by atoms with Crippen LogP contribution in [0.2, 0.25) is 0 Å². The summed E-state index contributed by atoms with van der Waals surface area (Å²) in [4.78, 5) is 11.3. The number of ether oxygens (including phenoxy) is 1. The minimum atomic E-state index is -0.462. The van der Waals surface area contributed by atoms with Crippen molar-refractivity contribution in [1.29, 1.82) is 0 Å². The fourth-order valence-corrected chi connectivity index (χ4v) is 2.31. The monoisotopic (exact) mass is 278 g/mol. The molecule has 0 spiro atoms. The second-order valence-corrected chi connectivity index (χ2v) is 4.67. The number of methoxy groups -OCH3 is 1. The number of rotatable bonds is 4. The van der Waals surface area contributed by atoms with E-state index < -0.39 is 5.24 Å². The molecule has 1 heterocycles. The van der Waals surface area contributed by atoms with Crippen LogP contribution in [-0.4, -0.2) is 22.1 Å². The molecule has 0 radical (unpaired) electrons. The van der Waals surface area contributed by atoms with E-state index in [4.69, 9.17) is 16.3 Å². The number of nitrogens with zero attached hydrogens (tertiary/aromatic N) is 2. The Morgan fingerprint density at radius 1 is 1.32 bits per heavy atom. The first-order valence-corrected chi connectivity index (χ1v) is 6.27. The Balaban J connectivity index is 2.28. The van der Waals surface area contributed by atoms with Gasteiger partial charge in [-0.2, -0.15) is 5.10 Å². The van der Waals surface area contributed by atoms with Gasteiger partial charge < -0.3 is 4.74 Å². The van der Waals surface area contributed by atoms with E-state index in [1.165, 1.54) is 0 Å². The van der Waals surface area contributed by atoms with E-state index in [-0.39, 0.29) is 0 Å². The number of halogens is 1. The maximum atomic E-state index is 11.3. The van der Waals surface area contributed by atoms with Crippen LogP contribution in [0.5, 0.6) is 5.75 Å². The van der Waals surface area contributed by atoms with Crippen molar-refractivity contribution in [3.8, 4) is 5.75 Å². The summed E-state index contributed by atoms with van der Waals surface area (Å²) < 4.78 is 6.90. The lowest BCUT2D eigenvalue weighted by Crippen LogP contribution is -2.04. The van der Waals surface area contributed by atoms with E-state index in [2.05, 4.69) is 5.10 Å². The van der Waals surface area contributed by atoms with Crippen molar-refractivity contribution in [3.05, 3.63) is 46.8 Å².